The van der Waals surface area contributed by atoms with Crippen LogP contribution in [0, 0.1) is 5.92 Å². The molecule has 0 bridgehead atoms. The highest BCUT2D eigenvalue weighted by Gasteiger charge is 2.35. The first kappa shape index (κ1) is 16.9. The summed E-state index contributed by atoms with van der Waals surface area (Å²) in [4.78, 5) is 32.9. The first-order valence-electron chi connectivity index (χ1n) is 6.77. The van der Waals surface area contributed by atoms with Crippen LogP contribution in [0.25, 0.3) is 0 Å². The minimum atomic E-state index is -0.558. The van der Waals surface area contributed by atoms with Gasteiger partial charge in [0.05, 0.1) is 5.92 Å². The minimum Gasteiger partial charge on any atom is -0.462 e. The lowest BCUT2D eigenvalue weighted by Crippen LogP contribution is -2.25. The van der Waals surface area contributed by atoms with Gasteiger partial charge in [0.1, 0.15) is 19.0 Å². The van der Waals surface area contributed by atoms with Crippen LogP contribution in [0.2, 0.25) is 0 Å². The number of ether oxygens (including phenoxy) is 2. The first-order valence-corrected chi connectivity index (χ1v) is 6.77. The molecular weight excluding hydrogens is 272 g/mol. The molecular formula is C16H20O5. The average molecular weight is 292 g/mol. The molecule has 0 unspecified atom stereocenters. The Bertz CT molecular complexity index is 487. The third kappa shape index (κ3) is 5.38. The number of hydrogen-bond donors (Lipinski definition) is 0. The number of hydrogen-bond acceptors (Lipinski definition) is 5. The maximum absolute atomic E-state index is 11.3. The topological polar surface area (TPSA) is 69.7 Å². The third-order valence-corrected chi connectivity index (χ3v) is 3.11. The van der Waals surface area contributed by atoms with Gasteiger partial charge in [-0.15, -0.1) is 0 Å². The predicted octanol–water partition coefficient (Wildman–Crippen LogP) is 2.13. The predicted molar refractivity (Wildman–Crippen MR) is 77.3 cm³/mol. The van der Waals surface area contributed by atoms with Crippen LogP contribution in [-0.2, 0) is 23.9 Å². The van der Waals surface area contributed by atoms with Gasteiger partial charge in [-0.05, 0) is 31.4 Å². The van der Waals surface area contributed by atoms with Crippen LogP contribution < -0.4 is 0 Å². The number of rotatable bonds is 7. The fraction of sp³-hybridized carbons (Fsp3) is 0.438. The smallest absolute Gasteiger partial charge is 0.333 e. The lowest BCUT2D eigenvalue weighted by Gasteiger charge is -2.18. The standard InChI is InChI=1S/C16H20O5/c1-11(9-17)7-5-4-6-8-15(21-13(3)18)14-10-20-16(19)12(14)2/h6-9,14-15H,2,4-5,10H2,1,3H3/b8-6+,11-7+/t14-,15+/m0/s1. The molecule has 0 spiro atoms. The van der Waals surface area contributed by atoms with E-state index in [0.717, 1.165) is 12.7 Å². The van der Waals surface area contributed by atoms with Crippen LogP contribution in [0.4, 0.5) is 0 Å². The van der Waals surface area contributed by atoms with Crippen molar-refractivity contribution < 1.29 is 23.9 Å². The Balaban J connectivity index is 2.62. The van der Waals surface area contributed by atoms with Gasteiger partial charge >= 0.3 is 11.9 Å². The number of unbranched alkanes of at least 4 members (excludes halogenated alkanes) is 1. The van der Waals surface area contributed by atoms with E-state index in [9.17, 15) is 14.4 Å². The van der Waals surface area contributed by atoms with Gasteiger partial charge in [-0.25, -0.2) is 4.79 Å². The monoisotopic (exact) mass is 292 g/mol. The largest absolute Gasteiger partial charge is 0.462 e. The molecule has 0 aliphatic carbocycles. The second kappa shape index (κ2) is 8.19. The van der Waals surface area contributed by atoms with Gasteiger partial charge in [-0.2, -0.15) is 0 Å². The molecule has 5 nitrogen and oxygen atoms in total. The highest BCUT2D eigenvalue weighted by molar-refractivity contribution is 5.90. The van der Waals surface area contributed by atoms with Gasteiger partial charge in [0, 0.05) is 12.5 Å². The number of carbonyl (C=O) groups is 3. The number of carbonyl (C=O) groups excluding carboxylic acids is 3. The molecule has 21 heavy (non-hydrogen) atoms. The van der Waals surface area contributed by atoms with Crippen LogP contribution in [0.1, 0.15) is 26.7 Å². The molecule has 5 heteroatoms. The Morgan fingerprint density at radius 3 is 2.71 bits per heavy atom. The van der Waals surface area contributed by atoms with Crippen LogP contribution in [0.15, 0.2) is 36.0 Å². The van der Waals surface area contributed by atoms with E-state index in [-0.39, 0.29) is 12.5 Å². The van der Waals surface area contributed by atoms with Crippen molar-refractivity contribution in [2.45, 2.75) is 32.8 Å². The van der Waals surface area contributed by atoms with Crippen LogP contribution in [0.5, 0.6) is 0 Å². The van der Waals surface area contributed by atoms with E-state index in [4.69, 9.17) is 9.47 Å². The molecule has 0 saturated carbocycles. The Labute approximate surface area is 124 Å². The Kier molecular flexibility index (Phi) is 6.59. The molecule has 114 valence electrons. The number of aldehydes is 1. The van der Waals surface area contributed by atoms with Crippen molar-refractivity contribution in [2.24, 2.45) is 5.92 Å². The fourth-order valence-electron chi connectivity index (χ4n) is 1.94. The SMILES string of the molecule is C=C1C(=O)OC[C@@H]1[C@@H](/C=C/CC/C=C(\C)C=O)OC(C)=O. The zero-order chi connectivity index (χ0) is 15.8. The molecule has 0 aromatic rings. The van der Waals surface area contributed by atoms with Crippen molar-refractivity contribution in [3.8, 4) is 0 Å². The highest BCUT2D eigenvalue weighted by Crippen LogP contribution is 2.26. The van der Waals surface area contributed by atoms with Crippen molar-refractivity contribution in [3.05, 3.63) is 36.0 Å². The Morgan fingerprint density at radius 2 is 2.19 bits per heavy atom. The van der Waals surface area contributed by atoms with E-state index < -0.39 is 18.0 Å². The van der Waals surface area contributed by atoms with Gasteiger partial charge in [-0.3, -0.25) is 9.59 Å². The van der Waals surface area contributed by atoms with Crippen LogP contribution in [-0.4, -0.2) is 30.9 Å². The second-order valence-corrected chi connectivity index (χ2v) is 4.88. The van der Waals surface area contributed by atoms with E-state index in [1.807, 2.05) is 12.2 Å². The van der Waals surface area contributed by atoms with Gasteiger partial charge in [0.15, 0.2) is 0 Å². The molecule has 0 N–H and O–H groups in total. The van der Waals surface area contributed by atoms with Crippen molar-refractivity contribution >= 4 is 18.2 Å². The maximum atomic E-state index is 11.3. The lowest BCUT2D eigenvalue weighted by atomic mass is 9.96. The molecule has 1 fully saturated rings. The van der Waals surface area contributed by atoms with Crippen LogP contribution in [0.3, 0.4) is 0 Å². The molecule has 0 radical (unpaired) electrons. The molecule has 1 saturated heterocycles. The maximum Gasteiger partial charge on any atom is 0.333 e. The summed E-state index contributed by atoms with van der Waals surface area (Å²) in [5, 5.41) is 0. The molecule has 1 heterocycles. The number of cyclic esters (lactones) is 1. The quantitative estimate of drug-likeness (QED) is 0.236. The summed E-state index contributed by atoms with van der Waals surface area (Å²) in [5.41, 5.74) is 1.01. The Hall–Kier alpha value is -2.17. The summed E-state index contributed by atoms with van der Waals surface area (Å²) in [6.07, 6.45) is 7.10. The highest BCUT2D eigenvalue weighted by atomic mass is 16.6. The molecule has 1 aliphatic rings. The van der Waals surface area contributed by atoms with Gasteiger partial charge in [0.2, 0.25) is 0 Å². The molecule has 1 aliphatic heterocycles. The molecule has 0 amide bonds. The van der Waals surface area contributed by atoms with Crippen molar-refractivity contribution in [1.82, 2.24) is 0 Å². The average Bonchev–Trinajstić information content (AvgIpc) is 2.76. The number of esters is 2. The van der Waals surface area contributed by atoms with Crippen molar-refractivity contribution in [3.63, 3.8) is 0 Å². The fourth-order valence-corrected chi connectivity index (χ4v) is 1.94. The van der Waals surface area contributed by atoms with Gasteiger partial charge in [-0.1, -0.05) is 18.7 Å². The van der Waals surface area contributed by atoms with E-state index in [1.54, 1.807) is 13.0 Å². The summed E-state index contributed by atoms with van der Waals surface area (Å²) < 4.78 is 10.1. The third-order valence-electron chi connectivity index (χ3n) is 3.11. The summed E-state index contributed by atoms with van der Waals surface area (Å²) in [6.45, 7) is 6.90. The zero-order valence-electron chi connectivity index (χ0n) is 12.3. The van der Waals surface area contributed by atoms with Crippen LogP contribution >= 0.6 is 0 Å². The Morgan fingerprint density at radius 1 is 1.48 bits per heavy atom. The number of allylic oxidation sites excluding steroid dienone is 3. The molecule has 1 rings (SSSR count). The first-order chi connectivity index (χ1) is 9.95. The lowest BCUT2D eigenvalue weighted by molar-refractivity contribution is -0.145. The summed E-state index contributed by atoms with van der Waals surface area (Å²) in [6, 6.07) is 0. The van der Waals surface area contributed by atoms with E-state index >= 15 is 0 Å². The molecule has 2 atom stereocenters. The van der Waals surface area contributed by atoms with E-state index in [1.165, 1.54) is 6.92 Å². The molecule has 0 aromatic carbocycles. The summed E-state index contributed by atoms with van der Waals surface area (Å²) >= 11 is 0. The minimum absolute atomic E-state index is 0.171. The van der Waals surface area contributed by atoms with Crippen molar-refractivity contribution in [2.75, 3.05) is 6.61 Å². The second-order valence-electron chi connectivity index (χ2n) is 4.88. The molecule has 0 aromatic heterocycles. The zero-order valence-corrected chi connectivity index (χ0v) is 12.3. The summed E-state index contributed by atoms with van der Waals surface area (Å²) in [7, 11) is 0. The normalized spacial score (nSPS) is 20.5. The van der Waals surface area contributed by atoms with E-state index in [2.05, 4.69) is 6.58 Å². The summed E-state index contributed by atoms with van der Waals surface area (Å²) in [5.74, 6) is -1.21. The van der Waals surface area contributed by atoms with E-state index in [0.29, 0.717) is 17.6 Å². The van der Waals surface area contributed by atoms with Gasteiger partial charge < -0.3 is 9.47 Å². The van der Waals surface area contributed by atoms with Crippen molar-refractivity contribution in [1.29, 1.82) is 0 Å². The van der Waals surface area contributed by atoms with Gasteiger partial charge in [0.25, 0.3) is 0 Å².